The minimum atomic E-state index is 0.0442. The maximum Gasteiger partial charge on any atom is 0.258 e. The monoisotopic (exact) mass is 336 g/mol. The zero-order chi connectivity index (χ0) is 17.8. The molecule has 0 bridgehead atoms. The fourth-order valence-electron chi connectivity index (χ4n) is 3.14. The lowest BCUT2D eigenvalue weighted by atomic mass is 10.1. The number of nitrogens with one attached hydrogen (secondary N) is 1. The van der Waals surface area contributed by atoms with Crippen LogP contribution in [-0.4, -0.2) is 18.4 Å². The van der Waals surface area contributed by atoms with E-state index in [1.54, 1.807) is 0 Å². The molecule has 1 aliphatic rings. The van der Waals surface area contributed by atoms with Gasteiger partial charge in [-0.15, -0.1) is 0 Å². The Bertz CT molecular complexity index is 781. The van der Waals surface area contributed by atoms with Gasteiger partial charge in [-0.25, -0.2) is 0 Å². The average Bonchev–Trinajstić information content (AvgIpc) is 3.03. The van der Waals surface area contributed by atoms with Crippen LogP contribution in [0.2, 0.25) is 0 Å². The van der Waals surface area contributed by atoms with Crippen LogP contribution in [0.15, 0.2) is 42.5 Å². The molecule has 1 aliphatic heterocycles. The summed E-state index contributed by atoms with van der Waals surface area (Å²) in [7, 11) is 0. The van der Waals surface area contributed by atoms with Crippen molar-refractivity contribution in [3.63, 3.8) is 0 Å². The first kappa shape index (κ1) is 17.2. The molecule has 0 saturated heterocycles. The Balaban J connectivity index is 1.71. The lowest BCUT2D eigenvalue weighted by Gasteiger charge is -2.18. The largest absolute Gasteiger partial charge is 0.352 e. The average molecular weight is 336 g/mol. The van der Waals surface area contributed by atoms with Gasteiger partial charge in [-0.3, -0.25) is 9.59 Å². The van der Waals surface area contributed by atoms with Crippen molar-refractivity contribution >= 4 is 17.5 Å². The van der Waals surface area contributed by atoms with Crippen molar-refractivity contribution in [1.29, 1.82) is 0 Å². The summed E-state index contributed by atoms with van der Waals surface area (Å²) in [5.41, 5.74) is 5.09. The highest BCUT2D eigenvalue weighted by Gasteiger charge is 2.25. The lowest BCUT2D eigenvalue weighted by Crippen LogP contribution is -2.28. The van der Waals surface area contributed by atoms with Crippen LogP contribution in [0, 0.1) is 6.92 Å². The van der Waals surface area contributed by atoms with Gasteiger partial charge in [-0.2, -0.15) is 0 Å². The van der Waals surface area contributed by atoms with Gasteiger partial charge in [0.15, 0.2) is 0 Å². The molecule has 4 heteroatoms. The van der Waals surface area contributed by atoms with Gasteiger partial charge in [0.05, 0.1) is 0 Å². The second-order valence-electron chi connectivity index (χ2n) is 6.56. The molecule has 3 rings (SSSR count). The highest BCUT2D eigenvalue weighted by atomic mass is 16.2. The van der Waals surface area contributed by atoms with Crippen LogP contribution in [0.5, 0.6) is 0 Å². The minimum absolute atomic E-state index is 0.0442. The van der Waals surface area contributed by atoms with Crippen molar-refractivity contribution in [2.24, 2.45) is 0 Å². The number of fused-ring (bicyclic) bond motifs is 1. The van der Waals surface area contributed by atoms with E-state index in [2.05, 4.69) is 11.4 Å². The zero-order valence-corrected chi connectivity index (χ0v) is 14.8. The van der Waals surface area contributed by atoms with Crippen LogP contribution in [0.1, 0.15) is 46.8 Å². The van der Waals surface area contributed by atoms with E-state index in [0.717, 1.165) is 29.7 Å². The number of rotatable bonds is 5. The van der Waals surface area contributed by atoms with Gasteiger partial charge in [-0.1, -0.05) is 36.8 Å². The highest BCUT2D eigenvalue weighted by Crippen LogP contribution is 2.30. The fourth-order valence-corrected chi connectivity index (χ4v) is 3.14. The molecule has 0 radical (unpaired) electrons. The third-order valence-electron chi connectivity index (χ3n) is 4.55. The smallest absolute Gasteiger partial charge is 0.258 e. The second-order valence-corrected chi connectivity index (χ2v) is 6.56. The van der Waals surface area contributed by atoms with Gasteiger partial charge in [0.1, 0.15) is 0 Å². The van der Waals surface area contributed by atoms with E-state index in [9.17, 15) is 9.59 Å². The normalized spacial score (nSPS) is 12.8. The summed E-state index contributed by atoms with van der Waals surface area (Å²) in [6, 6.07) is 13.8. The van der Waals surface area contributed by atoms with E-state index in [-0.39, 0.29) is 11.8 Å². The third kappa shape index (κ3) is 3.90. The summed E-state index contributed by atoms with van der Waals surface area (Å²) in [5.74, 6) is 0.127. The molecule has 0 saturated carbocycles. The number of aryl methyl sites for hydroxylation is 1. The maximum atomic E-state index is 12.8. The highest BCUT2D eigenvalue weighted by molar-refractivity contribution is 6.07. The first-order valence-electron chi connectivity index (χ1n) is 8.85. The summed E-state index contributed by atoms with van der Waals surface area (Å²) in [6.45, 7) is 5.25. The van der Waals surface area contributed by atoms with Gasteiger partial charge in [-0.05, 0) is 49.1 Å². The number of nitrogens with zero attached hydrogens (tertiary/aromatic N) is 1. The van der Waals surface area contributed by atoms with Gasteiger partial charge in [0, 0.05) is 30.8 Å². The first-order valence-corrected chi connectivity index (χ1v) is 8.85. The van der Waals surface area contributed by atoms with E-state index in [4.69, 9.17) is 0 Å². The van der Waals surface area contributed by atoms with Crippen LogP contribution in [0.4, 0.5) is 5.69 Å². The topological polar surface area (TPSA) is 49.4 Å². The quantitative estimate of drug-likeness (QED) is 0.907. The van der Waals surface area contributed by atoms with E-state index in [1.165, 1.54) is 5.56 Å². The molecular formula is C21H24N2O2. The number of hydrogen-bond donors (Lipinski definition) is 1. The van der Waals surface area contributed by atoms with E-state index in [1.807, 2.05) is 55.1 Å². The predicted molar refractivity (Wildman–Crippen MR) is 99.8 cm³/mol. The molecule has 0 aromatic heterocycles. The summed E-state index contributed by atoms with van der Waals surface area (Å²) in [5, 5.41) is 2.94. The number of carbonyl (C=O) groups excluding carboxylic acids is 2. The van der Waals surface area contributed by atoms with Crippen molar-refractivity contribution in [2.75, 3.05) is 11.4 Å². The number of carbonyl (C=O) groups is 2. The van der Waals surface area contributed by atoms with Crippen molar-refractivity contribution in [3.8, 4) is 0 Å². The van der Waals surface area contributed by atoms with Crippen LogP contribution in [-0.2, 0) is 17.8 Å². The Labute approximate surface area is 148 Å². The number of benzene rings is 2. The third-order valence-corrected chi connectivity index (χ3v) is 4.55. The Morgan fingerprint density at radius 3 is 2.60 bits per heavy atom. The number of hydrogen-bond acceptors (Lipinski definition) is 2. The Morgan fingerprint density at radius 1 is 1.12 bits per heavy atom. The van der Waals surface area contributed by atoms with Crippen LogP contribution in [0.3, 0.4) is 0 Å². The maximum absolute atomic E-state index is 12.8. The van der Waals surface area contributed by atoms with Crippen LogP contribution >= 0.6 is 0 Å². The second kappa shape index (κ2) is 7.51. The molecule has 1 N–H and O–H groups in total. The van der Waals surface area contributed by atoms with E-state index < -0.39 is 0 Å². The molecule has 2 aromatic carbocycles. The van der Waals surface area contributed by atoms with Gasteiger partial charge in [0.25, 0.3) is 5.91 Å². The van der Waals surface area contributed by atoms with Crippen molar-refractivity contribution < 1.29 is 9.59 Å². The Morgan fingerprint density at radius 2 is 1.88 bits per heavy atom. The summed E-state index contributed by atoms with van der Waals surface area (Å²) in [6.07, 6.45) is 2.26. The van der Waals surface area contributed by atoms with Crippen LogP contribution < -0.4 is 10.2 Å². The van der Waals surface area contributed by atoms with Gasteiger partial charge < -0.3 is 10.2 Å². The standard InChI is InChI=1S/C21H24N2O2/c1-3-4-20(24)22-14-16-7-10-19-18(13-16)11-12-23(19)21(25)17-8-5-15(2)6-9-17/h5-10,13H,3-4,11-12,14H2,1-2H3,(H,22,24). The van der Waals surface area contributed by atoms with Crippen molar-refractivity contribution in [1.82, 2.24) is 5.32 Å². The number of amides is 2. The first-order chi connectivity index (χ1) is 12.1. The van der Waals surface area contributed by atoms with Gasteiger partial charge >= 0.3 is 0 Å². The molecule has 0 atom stereocenters. The SMILES string of the molecule is CCCC(=O)NCc1ccc2c(c1)CCN2C(=O)c1ccc(C)cc1. The molecule has 1 heterocycles. The molecule has 0 unspecified atom stereocenters. The summed E-state index contributed by atoms with van der Waals surface area (Å²) >= 11 is 0. The van der Waals surface area contributed by atoms with Crippen molar-refractivity contribution in [3.05, 3.63) is 64.7 Å². The molecule has 0 aliphatic carbocycles. The molecule has 4 nitrogen and oxygen atoms in total. The molecule has 130 valence electrons. The lowest BCUT2D eigenvalue weighted by molar-refractivity contribution is -0.121. The predicted octanol–water partition coefficient (Wildman–Crippen LogP) is 3.61. The Kier molecular flexibility index (Phi) is 5.17. The van der Waals surface area contributed by atoms with Gasteiger partial charge in [0.2, 0.25) is 5.91 Å². The fraction of sp³-hybridized carbons (Fsp3) is 0.333. The van der Waals surface area contributed by atoms with E-state index in [0.29, 0.717) is 25.1 Å². The summed E-state index contributed by atoms with van der Waals surface area (Å²) < 4.78 is 0. The molecular weight excluding hydrogens is 312 g/mol. The van der Waals surface area contributed by atoms with Crippen LogP contribution in [0.25, 0.3) is 0 Å². The van der Waals surface area contributed by atoms with E-state index >= 15 is 0 Å². The zero-order valence-electron chi connectivity index (χ0n) is 14.8. The number of anilines is 1. The van der Waals surface area contributed by atoms with Crippen molar-refractivity contribution in [2.45, 2.75) is 39.7 Å². The minimum Gasteiger partial charge on any atom is -0.352 e. The molecule has 0 fully saturated rings. The molecule has 2 amide bonds. The molecule has 25 heavy (non-hydrogen) atoms. The Hall–Kier alpha value is -2.62. The molecule has 0 spiro atoms. The molecule has 2 aromatic rings. The summed E-state index contributed by atoms with van der Waals surface area (Å²) in [4.78, 5) is 26.2.